The highest BCUT2D eigenvalue weighted by Gasteiger charge is 2.37. The standard InChI is InChI=1S/C15H18N2O3S3/c18-11-4-2-1-3-8(11)14-17-10(7-22-14)15-16-9(6-23-15)12(19)5-13(20)21/h1-4,9-10,12,15-16,18-19H,5-7H2,(H,20,21)/t9-,10+,12-,15?/m0/s1. The third-order valence-corrected chi connectivity index (χ3v) is 6.49. The van der Waals surface area contributed by atoms with E-state index in [1.54, 1.807) is 35.7 Å². The molecule has 0 amide bonds. The molecule has 0 aromatic heterocycles. The van der Waals surface area contributed by atoms with Gasteiger partial charge in [-0.15, -0.1) is 36.2 Å². The van der Waals surface area contributed by atoms with Crippen LogP contribution in [0.1, 0.15) is 12.0 Å². The van der Waals surface area contributed by atoms with E-state index in [0.29, 0.717) is 0 Å². The van der Waals surface area contributed by atoms with E-state index in [1.165, 1.54) is 0 Å². The molecule has 3 rings (SSSR count). The van der Waals surface area contributed by atoms with Crippen molar-refractivity contribution in [3.63, 3.8) is 0 Å². The lowest BCUT2D eigenvalue weighted by molar-refractivity contribution is -0.112. The van der Waals surface area contributed by atoms with Crippen LogP contribution in [0.15, 0.2) is 29.3 Å². The van der Waals surface area contributed by atoms with Crippen LogP contribution in [0.25, 0.3) is 0 Å². The summed E-state index contributed by atoms with van der Waals surface area (Å²) < 4.78 is 0. The lowest BCUT2D eigenvalue weighted by atomic mass is 10.1. The zero-order valence-electron chi connectivity index (χ0n) is 12.3. The average molecular weight is 371 g/mol. The Kier molecular flexibility index (Phi) is 5.58. The normalized spacial score (nSPS) is 28.6. The van der Waals surface area contributed by atoms with Gasteiger partial charge in [0.05, 0.1) is 17.5 Å². The number of aliphatic imine (C=N–C) groups is 1. The highest BCUT2D eigenvalue weighted by Crippen LogP contribution is 2.34. The molecule has 2 aliphatic heterocycles. The molecule has 3 N–H and O–H groups in total. The number of aliphatic hydroxyl groups is 1. The second-order valence-electron chi connectivity index (χ2n) is 5.52. The number of rotatable bonds is 5. The molecule has 2 aliphatic rings. The molecule has 0 saturated carbocycles. The molecule has 0 aliphatic carbocycles. The first-order valence-electron chi connectivity index (χ1n) is 7.31. The Morgan fingerprint density at radius 3 is 2.96 bits per heavy atom. The van der Waals surface area contributed by atoms with E-state index in [4.69, 9.17) is 4.99 Å². The van der Waals surface area contributed by atoms with Crippen molar-refractivity contribution < 1.29 is 15.0 Å². The molecule has 0 radical (unpaired) electrons. The maximum absolute atomic E-state index is 11.0. The van der Waals surface area contributed by atoms with Gasteiger partial charge in [-0.2, -0.15) is 0 Å². The number of carbonyl (C=O) groups excluding carboxylic acids is 1. The molecular weight excluding hydrogens is 352 g/mol. The van der Waals surface area contributed by atoms with Gasteiger partial charge < -0.3 is 10.2 Å². The minimum Gasteiger partial charge on any atom is -0.507 e. The van der Waals surface area contributed by atoms with Crippen LogP contribution < -0.4 is 5.32 Å². The summed E-state index contributed by atoms with van der Waals surface area (Å²) >= 11 is 7.07. The maximum Gasteiger partial charge on any atom is 0.188 e. The van der Waals surface area contributed by atoms with Crippen LogP contribution in [-0.2, 0) is 4.79 Å². The number of thiol groups is 1. The van der Waals surface area contributed by atoms with Crippen molar-refractivity contribution >= 4 is 46.3 Å². The van der Waals surface area contributed by atoms with Crippen molar-refractivity contribution in [2.24, 2.45) is 4.99 Å². The van der Waals surface area contributed by atoms with Gasteiger partial charge in [0.25, 0.3) is 0 Å². The van der Waals surface area contributed by atoms with Crippen molar-refractivity contribution in [3.05, 3.63) is 29.8 Å². The zero-order chi connectivity index (χ0) is 16.4. The Balaban J connectivity index is 1.64. The Morgan fingerprint density at radius 2 is 2.22 bits per heavy atom. The number of hydrogen-bond donors (Lipinski definition) is 4. The van der Waals surface area contributed by atoms with Gasteiger partial charge in [0.1, 0.15) is 10.8 Å². The molecule has 0 spiro atoms. The summed E-state index contributed by atoms with van der Waals surface area (Å²) in [5.74, 6) is 1.82. The summed E-state index contributed by atoms with van der Waals surface area (Å²) in [7, 11) is 0. The van der Waals surface area contributed by atoms with Gasteiger partial charge in [0.2, 0.25) is 0 Å². The van der Waals surface area contributed by atoms with Crippen LogP contribution in [0.2, 0.25) is 0 Å². The van der Waals surface area contributed by atoms with E-state index in [9.17, 15) is 15.0 Å². The summed E-state index contributed by atoms with van der Waals surface area (Å²) in [5, 5.41) is 24.0. The number of hydrogen-bond acceptors (Lipinski definition) is 7. The second kappa shape index (κ2) is 7.48. The minimum absolute atomic E-state index is 0.0554. The van der Waals surface area contributed by atoms with Crippen LogP contribution in [0.4, 0.5) is 0 Å². The fraction of sp³-hybridized carbons (Fsp3) is 0.467. The van der Waals surface area contributed by atoms with Gasteiger partial charge in [-0.05, 0) is 12.1 Å². The van der Waals surface area contributed by atoms with Gasteiger partial charge in [-0.1, -0.05) is 12.1 Å². The monoisotopic (exact) mass is 370 g/mol. The second-order valence-corrected chi connectivity index (χ2v) is 8.20. The molecule has 124 valence electrons. The van der Waals surface area contributed by atoms with Crippen LogP contribution in [-0.4, -0.2) is 55.4 Å². The number of phenols is 1. The molecular formula is C15H18N2O3S3. The van der Waals surface area contributed by atoms with Crippen molar-refractivity contribution in [3.8, 4) is 5.75 Å². The van der Waals surface area contributed by atoms with Gasteiger partial charge in [0, 0.05) is 29.5 Å². The molecule has 4 atom stereocenters. The van der Waals surface area contributed by atoms with Gasteiger partial charge in [0.15, 0.2) is 5.12 Å². The Labute approximate surface area is 148 Å². The third kappa shape index (κ3) is 4.06. The number of aromatic hydroxyl groups is 1. The van der Waals surface area contributed by atoms with E-state index < -0.39 is 6.10 Å². The quantitative estimate of drug-likeness (QED) is 0.588. The molecule has 2 heterocycles. The molecule has 23 heavy (non-hydrogen) atoms. The summed E-state index contributed by atoms with van der Waals surface area (Å²) in [6.07, 6.45) is -0.659. The molecule has 8 heteroatoms. The van der Waals surface area contributed by atoms with Crippen molar-refractivity contribution in [1.29, 1.82) is 0 Å². The minimum atomic E-state index is -0.715. The number of phenolic OH excluding ortho intramolecular Hbond substituents is 1. The average Bonchev–Trinajstić information content (AvgIpc) is 3.16. The molecule has 1 fully saturated rings. The lowest BCUT2D eigenvalue weighted by Crippen LogP contribution is -2.43. The Hall–Kier alpha value is -0.670. The fourth-order valence-electron chi connectivity index (χ4n) is 2.63. The number of thioether (sulfide) groups is 2. The van der Waals surface area contributed by atoms with Gasteiger partial charge in [-0.25, -0.2) is 0 Å². The molecule has 1 aromatic rings. The van der Waals surface area contributed by atoms with Gasteiger partial charge in [-0.3, -0.25) is 15.1 Å². The smallest absolute Gasteiger partial charge is 0.188 e. The molecule has 0 bridgehead atoms. The van der Waals surface area contributed by atoms with E-state index in [1.807, 2.05) is 12.1 Å². The van der Waals surface area contributed by atoms with Crippen molar-refractivity contribution in [2.45, 2.75) is 30.0 Å². The van der Waals surface area contributed by atoms with Crippen LogP contribution >= 0.6 is 36.2 Å². The zero-order valence-corrected chi connectivity index (χ0v) is 14.8. The topological polar surface area (TPSA) is 81.9 Å². The van der Waals surface area contributed by atoms with E-state index >= 15 is 0 Å². The predicted octanol–water partition coefficient (Wildman–Crippen LogP) is 1.49. The van der Waals surface area contributed by atoms with Crippen LogP contribution in [0.3, 0.4) is 0 Å². The summed E-state index contributed by atoms with van der Waals surface area (Å²) in [6.45, 7) is 0. The van der Waals surface area contributed by atoms with E-state index in [-0.39, 0.29) is 34.7 Å². The number of para-hydroxylation sites is 1. The first kappa shape index (κ1) is 17.2. The Morgan fingerprint density at radius 1 is 1.43 bits per heavy atom. The van der Waals surface area contributed by atoms with E-state index in [0.717, 1.165) is 22.1 Å². The molecule has 1 aromatic carbocycles. The number of benzene rings is 1. The molecule has 1 unspecified atom stereocenters. The number of nitrogens with one attached hydrogen (secondary N) is 1. The summed E-state index contributed by atoms with van der Waals surface area (Å²) in [6, 6.07) is 7.17. The number of carbonyl (C=O) groups is 1. The molecule has 1 saturated heterocycles. The fourth-order valence-corrected chi connectivity index (χ4v) is 5.45. The van der Waals surface area contributed by atoms with Crippen molar-refractivity contribution in [2.75, 3.05) is 11.5 Å². The SMILES string of the molecule is O=C(S)C[C@H](O)[C@@H]1CSC([C@H]2CSC(c3ccccc3O)=N2)N1. The highest BCUT2D eigenvalue weighted by molar-refractivity contribution is 8.14. The maximum atomic E-state index is 11.0. The van der Waals surface area contributed by atoms with Gasteiger partial charge >= 0.3 is 0 Å². The largest absolute Gasteiger partial charge is 0.507 e. The van der Waals surface area contributed by atoms with Crippen LogP contribution in [0.5, 0.6) is 5.75 Å². The Bertz CT molecular complexity index is 626. The number of nitrogens with zero attached hydrogens (tertiary/aromatic N) is 1. The van der Waals surface area contributed by atoms with Crippen molar-refractivity contribution in [1.82, 2.24) is 5.32 Å². The third-order valence-electron chi connectivity index (χ3n) is 3.84. The predicted molar refractivity (Wildman–Crippen MR) is 98.7 cm³/mol. The first-order valence-corrected chi connectivity index (χ1v) is 9.79. The lowest BCUT2D eigenvalue weighted by Gasteiger charge is -2.19. The summed E-state index contributed by atoms with van der Waals surface area (Å²) in [5.41, 5.74) is 0.764. The highest BCUT2D eigenvalue weighted by atomic mass is 32.2. The van der Waals surface area contributed by atoms with E-state index in [2.05, 4.69) is 17.9 Å². The first-order chi connectivity index (χ1) is 11.0. The summed E-state index contributed by atoms with van der Waals surface area (Å²) in [4.78, 5) is 15.7. The molecule has 5 nitrogen and oxygen atoms in total. The number of aliphatic hydroxyl groups excluding tert-OH is 1. The van der Waals surface area contributed by atoms with Crippen LogP contribution in [0, 0.1) is 0 Å².